The summed E-state index contributed by atoms with van der Waals surface area (Å²) in [5, 5.41) is 10.8. The fourth-order valence-corrected chi connectivity index (χ4v) is 13.4. The Balaban J connectivity index is 0.00000103. The van der Waals surface area contributed by atoms with Crippen LogP contribution in [0.1, 0.15) is 0 Å². The standard InChI is InChI=1S/C18H44O6Si4.C6H19O4PSi2/c1-25(2,3)20-13-14-15(22-26(4,5)6)16(23-27(7,8)9)17(18(19)21-14)24-28(10,11)12;1-12(2,3)9-11(7,8)10-13(4,5)6/h14-19H,13H2,1-12H3;1-6H3,(H,7,8)/p-1/t14-,15+,16+,17-,18+;/m1./s1. The highest BCUT2D eigenvalue weighted by Crippen LogP contribution is 2.44. The van der Waals surface area contributed by atoms with E-state index in [0.29, 0.717) is 6.61 Å². The van der Waals surface area contributed by atoms with Gasteiger partial charge in [-0.2, -0.15) is 0 Å². The molecule has 1 N–H and O–H groups in total. The molecule has 0 aromatic rings. The van der Waals surface area contributed by atoms with Gasteiger partial charge in [0, 0.05) is 0 Å². The lowest BCUT2D eigenvalue weighted by atomic mass is 9.99. The Morgan fingerprint density at radius 1 is 0.585 bits per heavy atom. The van der Waals surface area contributed by atoms with Gasteiger partial charge in [-0.15, -0.1) is 0 Å². The summed E-state index contributed by atoms with van der Waals surface area (Å²) in [6.45, 7) is 37.0. The molecule has 17 heteroatoms. The van der Waals surface area contributed by atoms with Gasteiger partial charge < -0.3 is 40.9 Å². The number of hydrogen-bond donors (Lipinski definition) is 1. The lowest BCUT2D eigenvalue weighted by Crippen LogP contribution is -2.66. The first-order chi connectivity index (χ1) is 17.7. The molecule has 10 nitrogen and oxygen atoms in total. The minimum absolute atomic E-state index is 0.320. The number of hydrogen-bond acceptors (Lipinski definition) is 10. The maximum Gasteiger partial charge on any atom is 0.248 e. The van der Waals surface area contributed by atoms with Gasteiger partial charge in [-0.1, -0.05) is 0 Å². The quantitative estimate of drug-likeness (QED) is 0.170. The summed E-state index contributed by atoms with van der Waals surface area (Å²) in [5.74, 6) is 0. The first-order valence-corrected chi connectivity index (χ1v) is 36.3. The Morgan fingerprint density at radius 3 is 1.24 bits per heavy atom. The fourth-order valence-electron chi connectivity index (χ4n) is 3.68. The SMILES string of the molecule is C[Si](C)(C)OC[C@H]1O[C@H](O)[C@H](O[Si](C)(C)C)[C@@H](O[Si](C)(C)C)[C@H]1O[Si](C)(C)C.C[Si](C)(C)OP(=O)([O-])O[Si](C)(C)C. The van der Waals surface area contributed by atoms with Crippen molar-refractivity contribution in [2.24, 2.45) is 0 Å². The van der Waals surface area contributed by atoms with Crippen LogP contribution in [-0.2, 0) is 35.4 Å². The monoisotopic (exact) mass is 709 g/mol. The Morgan fingerprint density at radius 2 is 0.927 bits per heavy atom. The van der Waals surface area contributed by atoms with E-state index in [1.54, 1.807) is 0 Å². The third-order valence-corrected chi connectivity index (χ3v) is 14.7. The number of phosphoric acid groups is 1. The van der Waals surface area contributed by atoms with E-state index in [-0.39, 0.29) is 18.3 Å². The molecular formula is C24H62O10PSi6-. The van der Waals surface area contributed by atoms with E-state index < -0.39 is 70.1 Å². The van der Waals surface area contributed by atoms with Crippen LogP contribution < -0.4 is 4.89 Å². The molecule has 0 aromatic heterocycles. The zero-order valence-corrected chi connectivity index (χ0v) is 36.1. The van der Waals surface area contributed by atoms with E-state index in [1.807, 2.05) is 39.3 Å². The van der Waals surface area contributed by atoms with Crippen LogP contribution in [0, 0.1) is 0 Å². The maximum atomic E-state index is 11.3. The van der Waals surface area contributed by atoms with Crippen molar-refractivity contribution in [3.05, 3.63) is 0 Å². The summed E-state index contributed by atoms with van der Waals surface area (Å²) in [4.78, 5) is 11.3. The van der Waals surface area contributed by atoms with Crippen LogP contribution in [0.15, 0.2) is 0 Å². The van der Waals surface area contributed by atoms with Crippen molar-refractivity contribution < 1.29 is 45.4 Å². The molecule has 1 heterocycles. The Hall–Kier alpha value is 1.17. The molecule has 1 rings (SSSR count). The molecule has 0 radical (unpaired) electrons. The minimum Gasteiger partial charge on any atom is -0.757 e. The third kappa shape index (κ3) is 21.5. The van der Waals surface area contributed by atoms with Crippen molar-refractivity contribution in [3.63, 3.8) is 0 Å². The lowest BCUT2D eigenvalue weighted by Gasteiger charge is -2.49. The van der Waals surface area contributed by atoms with Crippen molar-refractivity contribution in [2.75, 3.05) is 6.61 Å². The van der Waals surface area contributed by atoms with E-state index in [1.165, 1.54) is 0 Å². The maximum absolute atomic E-state index is 11.3. The molecule has 0 amide bonds. The summed E-state index contributed by atoms with van der Waals surface area (Å²) in [6, 6.07) is 0. The van der Waals surface area contributed by atoms with Crippen molar-refractivity contribution in [3.8, 4) is 0 Å². The largest absolute Gasteiger partial charge is 0.757 e. The van der Waals surface area contributed by atoms with E-state index in [9.17, 15) is 14.6 Å². The number of aliphatic hydroxyl groups is 1. The molecule has 1 fully saturated rings. The van der Waals surface area contributed by atoms with Gasteiger partial charge in [-0.25, -0.2) is 0 Å². The topological polar surface area (TPSA) is 125 Å². The van der Waals surface area contributed by atoms with Crippen molar-refractivity contribution in [1.29, 1.82) is 0 Å². The summed E-state index contributed by atoms with van der Waals surface area (Å²) >= 11 is 0. The molecule has 0 unspecified atom stereocenters. The molecule has 1 saturated heterocycles. The van der Waals surface area contributed by atoms with E-state index in [4.69, 9.17) is 30.9 Å². The van der Waals surface area contributed by atoms with Crippen molar-refractivity contribution in [1.82, 2.24) is 0 Å². The van der Waals surface area contributed by atoms with Crippen LogP contribution in [0.3, 0.4) is 0 Å². The number of rotatable bonds is 13. The summed E-state index contributed by atoms with van der Waals surface area (Å²) in [6.07, 6.45) is -2.67. The normalized spacial score (nSPS) is 25.5. The highest BCUT2D eigenvalue weighted by Gasteiger charge is 2.51. The Kier molecular flexibility index (Phi) is 15.6. The number of aliphatic hydroxyl groups excluding tert-OH is 1. The second kappa shape index (κ2) is 15.2. The van der Waals surface area contributed by atoms with Gasteiger partial charge in [-0.3, -0.25) is 4.57 Å². The second-order valence-corrected chi connectivity index (χ2v) is 45.1. The smallest absolute Gasteiger partial charge is 0.248 e. The summed E-state index contributed by atoms with van der Waals surface area (Å²) in [7, 11) is -15.7. The summed E-state index contributed by atoms with van der Waals surface area (Å²) < 4.78 is 52.9. The van der Waals surface area contributed by atoms with Gasteiger partial charge in [0.15, 0.2) is 56.2 Å². The molecule has 0 aromatic carbocycles. The molecule has 0 aliphatic carbocycles. The second-order valence-electron chi connectivity index (χ2n) is 16.4. The van der Waals surface area contributed by atoms with Gasteiger partial charge in [0.25, 0.3) is 0 Å². The third-order valence-electron chi connectivity index (χ3n) is 4.53. The first-order valence-electron chi connectivity index (χ1n) is 14.4. The average Bonchev–Trinajstić information content (AvgIpc) is 2.58. The predicted octanol–water partition coefficient (Wildman–Crippen LogP) is 6.37. The van der Waals surface area contributed by atoms with Crippen LogP contribution in [-0.4, -0.2) is 92.3 Å². The summed E-state index contributed by atoms with van der Waals surface area (Å²) in [5.41, 5.74) is 0. The van der Waals surface area contributed by atoms with Crippen molar-refractivity contribution >= 4 is 57.7 Å². The molecule has 248 valence electrons. The minimum atomic E-state index is -4.06. The highest BCUT2D eigenvalue weighted by molar-refractivity contribution is 7.49. The van der Waals surface area contributed by atoms with E-state index >= 15 is 0 Å². The molecule has 41 heavy (non-hydrogen) atoms. The van der Waals surface area contributed by atoms with E-state index in [0.717, 1.165) is 0 Å². The van der Waals surface area contributed by atoms with Gasteiger partial charge in [-0.05, 0) is 118 Å². The average molecular weight is 710 g/mol. The lowest BCUT2D eigenvalue weighted by molar-refractivity contribution is -0.274. The predicted molar refractivity (Wildman–Crippen MR) is 181 cm³/mol. The Bertz CT molecular complexity index is 821. The van der Waals surface area contributed by atoms with Crippen LogP contribution in [0.25, 0.3) is 0 Å². The van der Waals surface area contributed by atoms with Crippen LogP contribution in [0.5, 0.6) is 0 Å². The van der Waals surface area contributed by atoms with Crippen LogP contribution in [0.2, 0.25) is 118 Å². The first kappa shape index (κ1) is 42.2. The van der Waals surface area contributed by atoms with Gasteiger partial charge in [0.2, 0.25) is 7.82 Å². The van der Waals surface area contributed by atoms with Crippen molar-refractivity contribution in [2.45, 2.75) is 149 Å². The van der Waals surface area contributed by atoms with E-state index in [2.05, 4.69) is 78.6 Å². The molecule has 0 spiro atoms. The number of ether oxygens (including phenoxy) is 1. The zero-order valence-electron chi connectivity index (χ0n) is 29.2. The van der Waals surface area contributed by atoms with Gasteiger partial charge in [0.1, 0.15) is 24.4 Å². The van der Waals surface area contributed by atoms with Crippen LogP contribution in [0.4, 0.5) is 0 Å². The zero-order chi connectivity index (χ0) is 33.0. The molecular weight excluding hydrogens is 648 g/mol. The Labute approximate surface area is 257 Å². The highest BCUT2D eigenvalue weighted by atomic mass is 31.2. The van der Waals surface area contributed by atoms with Gasteiger partial charge in [0.05, 0.1) is 6.61 Å². The van der Waals surface area contributed by atoms with Crippen LogP contribution >= 0.6 is 7.82 Å². The molecule has 0 bridgehead atoms. The molecule has 5 atom stereocenters. The fraction of sp³-hybridized carbons (Fsp3) is 1.00. The molecule has 1 aliphatic rings. The molecule has 1 aliphatic heterocycles. The van der Waals surface area contributed by atoms with Gasteiger partial charge >= 0.3 is 0 Å². The molecule has 0 saturated carbocycles.